The largest absolute Gasteiger partial charge is 0.444 e. The van der Waals surface area contributed by atoms with Gasteiger partial charge in [-0.2, -0.15) is 0 Å². The van der Waals surface area contributed by atoms with Crippen molar-refractivity contribution in [3.63, 3.8) is 0 Å². The summed E-state index contributed by atoms with van der Waals surface area (Å²) in [6, 6.07) is 8.61. The summed E-state index contributed by atoms with van der Waals surface area (Å²) in [7, 11) is 1.69. The molecule has 12 nitrogen and oxygen atoms in total. The summed E-state index contributed by atoms with van der Waals surface area (Å²) in [6.45, 7) is 5.57. The Balaban J connectivity index is 1.29. The molecular weight excluding hydrogens is 625 g/mol. The minimum Gasteiger partial charge on any atom is -0.444 e. The molecule has 0 saturated carbocycles. The van der Waals surface area contributed by atoms with Crippen molar-refractivity contribution < 1.29 is 19.1 Å². The van der Waals surface area contributed by atoms with Crippen LogP contribution in [0.3, 0.4) is 0 Å². The Kier molecular flexibility index (Phi) is 13.5. The Morgan fingerprint density at radius 3 is 2.59 bits per heavy atom. The monoisotopic (exact) mass is 666 g/mol. The van der Waals surface area contributed by atoms with E-state index < -0.39 is 12.1 Å². The molecule has 3 N–H and O–H groups in total. The van der Waals surface area contributed by atoms with Gasteiger partial charge in [0.25, 0.3) is 0 Å². The Morgan fingerprint density at radius 1 is 1.07 bits per heavy atom. The molecule has 4 amide bonds. The van der Waals surface area contributed by atoms with E-state index in [0.717, 1.165) is 21.1 Å². The normalized spacial score (nSPS) is 12.3. The van der Waals surface area contributed by atoms with Gasteiger partial charge >= 0.3 is 12.1 Å². The number of carbonyl (C=O) groups excluding carboxylic acids is 3. The summed E-state index contributed by atoms with van der Waals surface area (Å²) in [5, 5.41) is 11.8. The second-order valence-electron chi connectivity index (χ2n) is 11.3. The zero-order valence-electron chi connectivity index (χ0n) is 26.4. The van der Waals surface area contributed by atoms with Gasteiger partial charge in [0.1, 0.15) is 12.6 Å². The third kappa shape index (κ3) is 11.6. The summed E-state index contributed by atoms with van der Waals surface area (Å²) in [6.07, 6.45) is 8.60. The molecule has 0 aliphatic carbocycles. The van der Waals surface area contributed by atoms with E-state index in [0.29, 0.717) is 51.2 Å². The topological polar surface area (TPSA) is 143 Å². The first kappa shape index (κ1) is 34.6. The van der Waals surface area contributed by atoms with Crippen LogP contribution in [0.1, 0.15) is 60.2 Å². The van der Waals surface area contributed by atoms with Crippen LogP contribution in [0, 0.1) is 0 Å². The summed E-state index contributed by atoms with van der Waals surface area (Å²) >= 11 is 3.01. The average Bonchev–Trinajstić information content (AvgIpc) is 3.84. The number of benzene rings is 1. The van der Waals surface area contributed by atoms with Crippen molar-refractivity contribution in [3.05, 3.63) is 87.3 Å². The van der Waals surface area contributed by atoms with E-state index in [4.69, 9.17) is 4.74 Å². The van der Waals surface area contributed by atoms with Crippen molar-refractivity contribution in [1.82, 2.24) is 40.4 Å². The third-order valence-corrected chi connectivity index (χ3v) is 9.11. The van der Waals surface area contributed by atoms with Gasteiger partial charge in [0, 0.05) is 56.1 Å². The number of alkyl carbamates (subject to hydrolysis) is 1. The van der Waals surface area contributed by atoms with E-state index in [1.165, 1.54) is 16.2 Å². The lowest BCUT2D eigenvalue weighted by molar-refractivity contribution is -0.123. The maximum Gasteiger partial charge on any atom is 0.407 e. The minimum absolute atomic E-state index is 0.161. The number of nitrogens with one attached hydrogen (secondary N) is 3. The number of carbonyl (C=O) groups is 3. The molecule has 0 radical (unpaired) electrons. The van der Waals surface area contributed by atoms with Gasteiger partial charge in [-0.1, -0.05) is 44.2 Å². The molecule has 14 heteroatoms. The fourth-order valence-electron chi connectivity index (χ4n) is 4.67. The first-order chi connectivity index (χ1) is 22.3. The Morgan fingerprint density at radius 2 is 1.89 bits per heavy atom. The molecule has 0 saturated heterocycles. The highest BCUT2D eigenvalue weighted by Crippen LogP contribution is 2.20. The first-order valence-corrected chi connectivity index (χ1v) is 17.1. The number of rotatable bonds is 17. The highest BCUT2D eigenvalue weighted by atomic mass is 32.1. The van der Waals surface area contributed by atoms with E-state index in [9.17, 15) is 14.4 Å². The van der Waals surface area contributed by atoms with E-state index >= 15 is 0 Å². The van der Waals surface area contributed by atoms with Gasteiger partial charge in [0.2, 0.25) is 5.91 Å². The van der Waals surface area contributed by atoms with Gasteiger partial charge in [0.05, 0.1) is 34.0 Å². The molecule has 3 aromatic heterocycles. The van der Waals surface area contributed by atoms with Gasteiger partial charge in [-0.15, -0.1) is 22.7 Å². The van der Waals surface area contributed by atoms with Gasteiger partial charge in [0.15, 0.2) is 0 Å². The van der Waals surface area contributed by atoms with Crippen molar-refractivity contribution in [1.29, 1.82) is 0 Å². The van der Waals surface area contributed by atoms with Crippen LogP contribution in [0.25, 0.3) is 0 Å². The van der Waals surface area contributed by atoms with Crippen LogP contribution in [-0.2, 0) is 35.6 Å². The van der Waals surface area contributed by atoms with Gasteiger partial charge < -0.3 is 30.2 Å². The molecule has 2 atom stereocenters. The fourth-order valence-corrected chi connectivity index (χ4v) is 6.00. The Bertz CT molecular complexity index is 1480. The molecule has 0 aliphatic rings. The number of aromatic nitrogens is 4. The van der Waals surface area contributed by atoms with Crippen LogP contribution in [0.15, 0.2) is 66.1 Å². The van der Waals surface area contributed by atoms with Crippen molar-refractivity contribution in [2.24, 2.45) is 0 Å². The molecule has 4 aromatic rings. The number of urea groups is 1. The van der Waals surface area contributed by atoms with Crippen LogP contribution in [0.4, 0.5) is 9.59 Å². The lowest BCUT2D eigenvalue weighted by Gasteiger charge is -2.23. The number of amides is 4. The van der Waals surface area contributed by atoms with Crippen molar-refractivity contribution >= 4 is 40.7 Å². The molecule has 0 aliphatic heterocycles. The lowest BCUT2D eigenvalue weighted by atomic mass is 10.0. The molecule has 0 spiro atoms. The summed E-state index contributed by atoms with van der Waals surface area (Å²) in [5.41, 5.74) is 3.60. The van der Waals surface area contributed by atoms with E-state index in [1.807, 2.05) is 46.5 Å². The van der Waals surface area contributed by atoms with Crippen LogP contribution < -0.4 is 16.0 Å². The second kappa shape index (κ2) is 18.0. The molecule has 1 aromatic carbocycles. The lowest BCUT2D eigenvalue weighted by Crippen LogP contribution is -2.50. The van der Waals surface area contributed by atoms with Gasteiger partial charge in [-0.3, -0.25) is 9.78 Å². The highest BCUT2D eigenvalue weighted by Gasteiger charge is 2.23. The van der Waals surface area contributed by atoms with Crippen molar-refractivity contribution in [2.75, 3.05) is 13.6 Å². The van der Waals surface area contributed by atoms with Crippen molar-refractivity contribution in [3.8, 4) is 0 Å². The number of imidazole rings is 1. The second-order valence-corrected chi connectivity index (χ2v) is 13.1. The third-order valence-electron chi connectivity index (χ3n) is 7.16. The summed E-state index contributed by atoms with van der Waals surface area (Å²) in [4.78, 5) is 54.1. The first-order valence-electron chi connectivity index (χ1n) is 15.3. The predicted octanol–water partition coefficient (Wildman–Crippen LogP) is 4.95. The van der Waals surface area contributed by atoms with Crippen LogP contribution in [0.2, 0.25) is 0 Å². The maximum atomic E-state index is 13.3. The smallest absolute Gasteiger partial charge is 0.407 e. The average molecular weight is 667 g/mol. The molecule has 0 unspecified atom stereocenters. The molecule has 246 valence electrons. The number of thiazole rings is 2. The van der Waals surface area contributed by atoms with Gasteiger partial charge in [-0.25, -0.2) is 19.6 Å². The van der Waals surface area contributed by atoms with Crippen LogP contribution >= 0.6 is 22.7 Å². The zero-order valence-corrected chi connectivity index (χ0v) is 28.1. The zero-order chi connectivity index (χ0) is 32.7. The number of aryl methyl sites for hydroxylation is 1. The highest BCUT2D eigenvalue weighted by molar-refractivity contribution is 7.09. The SMILES string of the molecule is CC(C)c1nc(CN(C)C(=O)N[C@@H](CCn2ccnc2)C(=O)NCCC[C@H](Cc2ccccc2)NC(=O)OCc2cncs2)cs1. The molecule has 0 bridgehead atoms. The fraction of sp³-hybridized carbons (Fsp3) is 0.438. The summed E-state index contributed by atoms with van der Waals surface area (Å²) in [5.74, 6) is 0.0516. The molecule has 4 rings (SSSR count). The molecule has 3 heterocycles. The van der Waals surface area contributed by atoms with E-state index in [1.54, 1.807) is 42.6 Å². The Hall–Kier alpha value is -4.30. The van der Waals surface area contributed by atoms with Gasteiger partial charge in [-0.05, 0) is 31.2 Å². The van der Waals surface area contributed by atoms with E-state index in [2.05, 4.69) is 44.7 Å². The van der Waals surface area contributed by atoms with Crippen LogP contribution in [0.5, 0.6) is 0 Å². The molecular formula is C32H42N8O4S2. The standard InChI is InChI=1S/C32H42N8O4S2/c1-23(2)30-36-26(20-45-30)18-39(3)31(42)38-28(11-14-40-15-13-33-21-40)29(41)35-12-7-10-25(16-24-8-5-4-6-9-24)37-32(43)44-19-27-17-34-22-46-27/h4-6,8-9,13,15,17,20-23,25,28H,7,10-12,14,16,18-19H2,1-3H3,(H,35,41)(H,37,43)(H,38,42)/t25-,28+/m1/s1. The Labute approximate surface area is 277 Å². The van der Waals surface area contributed by atoms with Crippen LogP contribution in [-0.4, -0.2) is 68.1 Å². The molecule has 46 heavy (non-hydrogen) atoms. The molecule has 0 fully saturated rings. The number of ether oxygens (including phenoxy) is 1. The number of nitrogens with zero attached hydrogens (tertiary/aromatic N) is 5. The minimum atomic E-state index is -0.751. The predicted molar refractivity (Wildman–Crippen MR) is 178 cm³/mol. The number of hydrogen-bond acceptors (Lipinski definition) is 9. The van der Waals surface area contributed by atoms with E-state index in [-0.39, 0.29) is 24.6 Å². The number of hydrogen-bond donors (Lipinski definition) is 3. The maximum absolute atomic E-state index is 13.3. The summed E-state index contributed by atoms with van der Waals surface area (Å²) < 4.78 is 7.26. The van der Waals surface area contributed by atoms with Crippen molar-refractivity contribution in [2.45, 2.75) is 77.2 Å². The quantitative estimate of drug-likeness (QED) is 0.135.